The number of hydrogen-bond acceptors (Lipinski definition) is 3. The van der Waals surface area contributed by atoms with Gasteiger partial charge in [0.05, 0.1) is 5.75 Å². The lowest BCUT2D eigenvalue weighted by Gasteiger charge is -2.24. The van der Waals surface area contributed by atoms with E-state index in [9.17, 15) is 9.59 Å². The minimum Gasteiger partial charge on any atom is -0.326 e. The Balaban J connectivity index is 1.46. The molecule has 1 heterocycles. The summed E-state index contributed by atoms with van der Waals surface area (Å²) in [6.07, 6.45) is 0.835. The first-order chi connectivity index (χ1) is 14.6. The molecule has 4 rings (SSSR count). The molecule has 1 saturated heterocycles. The lowest BCUT2D eigenvalue weighted by atomic mass is 10.1. The van der Waals surface area contributed by atoms with E-state index < -0.39 is 0 Å². The Bertz CT molecular complexity index is 1010. The van der Waals surface area contributed by atoms with Crippen LogP contribution in [0.15, 0.2) is 84.9 Å². The number of thioether (sulfide) groups is 1. The van der Waals surface area contributed by atoms with E-state index in [0.29, 0.717) is 17.9 Å². The third kappa shape index (κ3) is 4.41. The number of amides is 2. The first kappa shape index (κ1) is 20.2. The van der Waals surface area contributed by atoms with E-state index in [-0.39, 0.29) is 17.2 Å². The summed E-state index contributed by atoms with van der Waals surface area (Å²) in [5, 5.41) is -0.00258. The Kier molecular flexibility index (Phi) is 6.19. The van der Waals surface area contributed by atoms with Crippen molar-refractivity contribution in [2.24, 2.45) is 0 Å². The maximum absolute atomic E-state index is 12.8. The maximum atomic E-state index is 12.8. The standard InChI is InChI=1S/C25H24N2O2S/c1-26(22-10-6-3-7-11-22)24(29)20-12-14-21(15-13-20)25-27(23(28)18-30-25)17-16-19-8-4-2-5-9-19/h2-15,25H,16-18H2,1H3. The SMILES string of the molecule is CN(C(=O)c1ccc(C2SCC(=O)N2CCc2ccccc2)cc1)c1ccccc1. The molecule has 0 bridgehead atoms. The predicted molar refractivity (Wildman–Crippen MR) is 123 cm³/mol. The Morgan fingerprint density at radius 1 is 0.967 bits per heavy atom. The van der Waals surface area contributed by atoms with Crippen LogP contribution in [-0.2, 0) is 11.2 Å². The van der Waals surface area contributed by atoms with Crippen molar-refractivity contribution in [3.63, 3.8) is 0 Å². The lowest BCUT2D eigenvalue weighted by molar-refractivity contribution is -0.128. The highest BCUT2D eigenvalue weighted by Gasteiger charge is 2.32. The lowest BCUT2D eigenvalue weighted by Crippen LogP contribution is -2.30. The van der Waals surface area contributed by atoms with Gasteiger partial charge in [-0.05, 0) is 41.8 Å². The van der Waals surface area contributed by atoms with E-state index in [1.807, 2.05) is 77.7 Å². The molecule has 1 fully saturated rings. The quantitative estimate of drug-likeness (QED) is 0.581. The smallest absolute Gasteiger partial charge is 0.258 e. The maximum Gasteiger partial charge on any atom is 0.258 e. The molecule has 1 unspecified atom stereocenters. The zero-order valence-corrected chi connectivity index (χ0v) is 17.7. The molecule has 5 heteroatoms. The van der Waals surface area contributed by atoms with Gasteiger partial charge in [0.1, 0.15) is 5.37 Å². The van der Waals surface area contributed by atoms with Crippen LogP contribution in [0.3, 0.4) is 0 Å². The summed E-state index contributed by atoms with van der Waals surface area (Å²) in [6.45, 7) is 0.692. The van der Waals surface area contributed by atoms with Gasteiger partial charge in [-0.3, -0.25) is 9.59 Å². The van der Waals surface area contributed by atoms with Crippen molar-refractivity contribution in [3.05, 3.63) is 102 Å². The molecule has 152 valence electrons. The third-order valence-electron chi connectivity index (χ3n) is 5.34. The van der Waals surface area contributed by atoms with Crippen LogP contribution < -0.4 is 4.90 Å². The first-order valence-electron chi connectivity index (χ1n) is 10.0. The molecule has 0 aromatic heterocycles. The van der Waals surface area contributed by atoms with E-state index in [1.165, 1.54) is 5.56 Å². The number of rotatable bonds is 6. The second-order valence-electron chi connectivity index (χ2n) is 7.31. The molecular weight excluding hydrogens is 392 g/mol. The number of benzene rings is 3. The highest BCUT2D eigenvalue weighted by atomic mass is 32.2. The van der Waals surface area contributed by atoms with Crippen LogP contribution in [-0.4, -0.2) is 36.1 Å². The largest absolute Gasteiger partial charge is 0.326 e. The van der Waals surface area contributed by atoms with Gasteiger partial charge in [-0.25, -0.2) is 0 Å². The predicted octanol–water partition coefficient (Wildman–Crippen LogP) is 4.78. The summed E-state index contributed by atoms with van der Waals surface area (Å²) in [4.78, 5) is 28.9. The van der Waals surface area contributed by atoms with Gasteiger partial charge in [0.2, 0.25) is 5.91 Å². The fourth-order valence-electron chi connectivity index (χ4n) is 3.62. The molecular formula is C25H24N2O2S. The molecule has 0 aliphatic carbocycles. The molecule has 2 amide bonds. The van der Waals surface area contributed by atoms with Gasteiger partial charge in [-0.2, -0.15) is 0 Å². The van der Waals surface area contributed by atoms with Crippen molar-refractivity contribution in [2.75, 3.05) is 24.2 Å². The molecule has 3 aromatic carbocycles. The number of carbonyl (C=O) groups is 2. The topological polar surface area (TPSA) is 40.6 Å². The average molecular weight is 417 g/mol. The number of carbonyl (C=O) groups excluding carboxylic acids is 2. The van der Waals surface area contributed by atoms with Crippen molar-refractivity contribution in [3.8, 4) is 0 Å². The highest BCUT2D eigenvalue weighted by molar-refractivity contribution is 8.00. The van der Waals surface area contributed by atoms with Crippen molar-refractivity contribution < 1.29 is 9.59 Å². The van der Waals surface area contributed by atoms with Crippen LogP contribution in [0.1, 0.15) is 26.9 Å². The summed E-state index contributed by atoms with van der Waals surface area (Å²) in [6, 6.07) is 27.5. The summed E-state index contributed by atoms with van der Waals surface area (Å²) < 4.78 is 0. The zero-order chi connectivity index (χ0) is 20.9. The van der Waals surface area contributed by atoms with Crippen LogP contribution in [0.2, 0.25) is 0 Å². The van der Waals surface area contributed by atoms with Crippen molar-refractivity contribution in [1.82, 2.24) is 4.90 Å². The second kappa shape index (κ2) is 9.18. The van der Waals surface area contributed by atoms with Crippen LogP contribution in [0, 0.1) is 0 Å². The van der Waals surface area contributed by atoms with Crippen molar-refractivity contribution >= 4 is 29.3 Å². The molecule has 0 N–H and O–H groups in total. The molecule has 0 saturated carbocycles. The van der Waals surface area contributed by atoms with Crippen LogP contribution in [0.5, 0.6) is 0 Å². The highest BCUT2D eigenvalue weighted by Crippen LogP contribution is 2.38. The molecule has 30 heavy (non-hydrogen) atoms. The molecule has 1 aliphatic heterocycles. The molecule has 0 spiro atoms. The molecule has 1 atom stereocenters. The Morgan fingerprint density at radius 3 is 2.27 bits per heavy atom. The molecule has 4 nitrogen and oxygen atoms in total. The normalized spacial score (nSPS) is 16.0. The van der Waals surface area contributed by atoms with E-state index in [4.69, 9.17) is 0 Å². The summed E-state index contributed by atoms with van der Waals surface area (Å²) in [5.74, 6) is 0.616. The van der Waals surface area contributed by atoms with Gasteiger partial charge >= 0.3 is 0 Å². The first-order valence-corrected chi connectivity index (χ1v) is 11.1. The summed E-state index contributed by atoms with van der Waals surface area (Å²) in [5.41, 5.74) is 3.77. The Hall–Kier alpha value is -3.05. The second-order valence-corrected chi connectivity index (χ2v) is 8.38. The van der Waals surface area contributed by atoms with E-state index in [0.717, 1.165) is 17.7 Å². The number of nitrogens with zero attached hydrogens (tertiary/aromatic N) is 2. The van der Waals surface area contributed by atoms with E-state index in [2.05, 4.69) is 12.1 Å². The fraction of sp³-hybridized carbons (Fsp3) is 0.200. The van der Waals surface area contributed by atoms with Gasteiger partial charge < -0.3 is 9.80 Å². The average Bonchev–Trinajstić information content (AvgIpc) is 3.18. The molecule has 3 aromatic rings. The molecule has 1 aliphatic rings. The Labute approximate surface area is 181 Å². The summed E-state index contributed by atoms with van der Waals surface area (Å²) >= 11 is 1.65. The minimum absolute atomic E-state index is 0.00258. The van der Waals surface area contributed by atoms with Crippen LogP contribution >= 0.6 is 11.8 Å². The van der Waals surface area contributed by atoms with Gasteiger partial charge in [0.25, 0.3) is 5.91 Å². The van der Waals surface area contributed by atoms with Gasteiger partial charge in [0.15, 0.2) is 0 Å². The van der Waals surface area contributed by atoms with Crippen LogP contribution in [0.25, 0.3) is 0 Å². The number of anilines is 1. The third-order valence-corrected chi connectivity index (χ3v) is 6.60. The fourth-order valence-corrected chi connectivity index (χ4v) is 4.84. The number of hydrogen-bond donors (Lipinski definition) is 0. The zero-order valence-electron chi connectivity index (χ0n) is 16.9. The van der Waals surface area contributed by atoms with Gasteiger partial charge in [0, 0.05) is 24.8 Å². The molecule has 0 radical (unpaired) electrons. The summed E-state index contributed by atoms with van der Waals surface area (Å²) in [7, 11) is 1.78. The minimum atomic E-state index is -0.0520. The van der Waals surface area contributed by atoms with Gasteiger partial charge in [-0.15, -0.1) is 11.8 Å². The number of para-hydroxylation sites is 1. The van der Waals surface area contributed by atoms with E-state index >= 15 is 0 Å². The van der Waals surface area contributed by atoms with E-state index in [1.54, 1.807) is 23.7 Å². The Morgan fingerprint density at radius 2 is 1.60 bits per heavy atom. The van der Waals surface area contributed by atoms with Gasteiger partial charge in [-0.1, -0.05) is 60.7 Å². The monoisotopic (exact) mass is 416 g/mol. The van der Waals surface area contributed by atoms with Crippen molar-refractivity contribution in [1.29, 1.82) is 0 Å². The van der Waals surface area contributed by atoms with Crippen molar-refractivity contribution in [2.45, 2.75) is 11.8 Å². The van der Waals surface area contributed by atoms with Crippen LogP contribution in [0.4, 0.5) is 5.69 Å².